The lowest BCUT2D eigenvalue weighted by Crippen LogP contribution is -2.28. The number of likely N-dealkylation sites (N-methyl/N-ethyl adjacent to an activating group) is 1. The van der Waals surface area contributed by atoms with Crippen molar-refractivity contribution in [2.24, 2.45) is 5.73 Å². The van der Waals surface area contributed by atoms with Crippen molar-refractivity contribution in [3.05, 3.63) is 29.8 Å². The van der Waals surface area contributed by atoms with Gasteiger partial charge in [0, 0.05) is 12.1 Å². The van der Waals surface area contributed by atoms with Crippen molar-refractivity contribution >= 4 is 12.0 Å². The lowest BCUT2D eigenvalue weighted by atomic mass is 9.99. The minimum absolute atomic E-state index is 0.118. The predicted molar refractivity (Wildman–Crippen MR) is 63.8 cm³/mol. The number of hydrogen-bond donors (Lipinski definition) is 2. The quantitative estimate of drug-likeness (QED) is 0.828. The Morgan fingerprint density at radius 1 is 1.41 bits per heavy atom. The topological polar surface area (TPSA) is 81.4 Å². The lowest BCUT2D eigenvalue weighted by molar-refractivity contribution is -0.122. The Bertz CT molecular complexity index is 418. The van der Waals surface area contributed by atoms with E-state index in [0.29, 0.717) is 17.9 Å². The molecule has 1 aromatic carbocycles. The Morgan fingerprint density at radius 3 is 2.65 bits per heavy atom. The molecule has 1 unspecified atom stereocenters. The smallest absolute Gasteiger partial charge is 0.409 e. The summed E-state index contributed by atoms with van der Waals surface area (Å²) in [6, 6.07) is 6.83. The second kappa shape index (κ2) is 5.89. The van der Waals surface area contributed by atoms with Crippen molar-refractivity contribution < 1.29 is 14.3 Å². The Kier molecular flexibility index (Phi) is 4.51. The highest BCUT2D eigenvalue weighted by atomic mass is 16.5. The van der Waals surface area contributed by atoms with Gasteiger partial charge in [0.05, 0.1) is 5.92 Å². The molecule has 0 saturated carbocycles. The van der Waals surface area contributed by atoms with Gasteiger partial charge in [-0.1, -0.05) is 18.2 Å². The molecule has 0 aliphatic carbocycles. The highest BCUT2D eigenvalue weighted by Gasteiger charge is 2.19. The first-order valence-corrected chi connectivity index (χ1v) is 5.40. The molecule has 5 nitrogen and oxygen atoms in total. The summed E-state index contributed by atoms with van der Waals surface area (Å²) in [4.78, 5) is 22.4. The standard InChI is InChI=1S/C12H16N2O3/c1-3-14-11(15)8(2)9-6-4-5-7-10(9)17-12(13)16/h4-8H,3H2,1-2H3,(H2,13,16)(H,14,15). The van der Waals surface area contributed by atoms with Crippen LogP contribution >= 0.6 is 0 Å². The van der Waals surface area contributed by atoms with Crippen LogP contribution in [0.2, 0.25) is 0 Å². The van der Waals surface area contributed by atoms with E-state index in [0.717, 1.165) is 0 Å². The summed E-state index contributed by atoms with van der Waals surface area (Å²) in [5.41, 5.74) is 5.60. The van der Waals surface area contributed by atoms with E-state index < -0.39 is 12.0 Å². The largest absolute Gasteiger partial charge is 0.410 e. The number of rotatable bonds is 4. The normalized spacial score (nSPS) is 11.6. The van der Waals surface area contributed by atoms with E-state index >= 15 is 0 Å². The van der Waals surface area contributed by atoms with Gasteiger partial charge in [-0.2, -0.15) is 0 Å². The van der Waals surface area contributed by atoms with Gasteiger partial charge < -0.3 is 15.8 Å². The number of amides is 2. The van der Waals surface area contributed by atoms with Crippen LogP contribution < -0.4 is 15.8 Å². The number of nitrogens with two attached hydrogens (primary N) is 1. The second-order valence-corrected chi connectivity index (χ2v) is 3.58. The maximum atomic E-state index is 11.7. The van der Waals surface area contributed by atoms with E-state index in [1.165, 1.54) is 0 Å². The van der Waals surface area contributed by atoms with Gasteiger partial charge in [0.1, 0.15) is 5.75 Å². The number of para-hydroxylation sites is 1. The van der Waals surface area contributed by atoms with Crippen LogP contribution in [0.25, 0.3) is 0 Å². The molecule has 0 aliphatic heterocycles. The average Bonchev–Trinajstić information content (AvgIpc) is 2.28. The highest BCUT2D eigenvalue weighted by molar-refractivity contribution is 5.84. The van der Waals surface area contributed by atoms with Crippen molar-refractivity contribution in [2.45, 2.75) is 19.8 Å². The summed E-state index contributed by atoms with van der Waals surface area (Å²) in [6.45, 7) is 4.15. The number of primary amides is 1. The number of carbonyl (C=O) groups excluding carboxylic acids is 2. The van der Waals surface area contributed by atoms with Gasteiger partial charge in [-0.05, 0) is 19.9 Å². The molecule has 3 N–H and O–H groups in total. The van der Waals surface area contributed by atoms with Gasteiger partial charge in [-0.15, -0.1) is 0 Å². The van der Waals surface area contributed by atoms with E-state index in [1.54, 1.807) is 31.2 Å². The van der Waals surface area contributed by atoms with Crippen LogP contribution in [-0.2, 0) is 4.79 Å². The third-order valence-electron chi connectivity index (χ3n) is 2.34. The number of nitrogens with one attached hydrogen (secondary N) is 1. The first kappa shape index (κ1) is 13.0. The number of benzene rings is 1. The van der Waals surface area contributed by atoms with Gasteiger partial charge in [0.2, 0.25) is 5.91 Å². The maximum Gasteiger partial charge on any atom is 0.409 e. The van der Waals surface area contributed by atoms with Gasteiger partial charge in [-0.3, -0.25) is 4.79 Å². The first-order valence-electron chi connectivity index (χ1n) is 5.40. The van der Waals surface area contributed by atoms with Crippen LogP contribution in [0.1, 0.15) is 25.3 Å². The summed E-state index contributed by atoms with van der Waals surface area (Å²) in [7, 11) is 0. The van der Waals surface area contributed by atoms with Crippen LogP contribution in [-0.4, -0.2) is 18.5 Å². The summed E-state index contributed by atoms with van der Waals surface area (Å²) in [6.07, 6.45) is -0.888. The van der Waals surface area contributed by atoms with Crippen LogP contribution in [0.4, 0.5) is 4.79 Å². The van der Waals surface area contributed by atoms with Gasteiger partial charge in [-0.25, -0.2) is 4.79 Å². The van der Waals surface area contributed by atoms with E-state index in [4.69, 9.17) is 10.5 Å². The molecule has 0 bridgehead atoms. The van der Waals surface area contributed by atoms with Crippen molar-refractivity contribution in [3.63, 3.8) is 0 Å². The molecule has 17 heavy (non-hydrogen) atoms. The summed E-state index contributed by atoms with van der Waals surface area (Å²) >= 11 is 0. The van der Waals surface area contributed by atoms with Crippen LogP contribution in [0, 0.1) is 0 Å². The molecule has 2 amide bonds. The van der Waals surface area contributed by atoms with Crippen molar-refractivity contribution in [1.29, 1.82) is 0 Å². The molecule has 0 radical (unpaired) electrons. The van der Waals surface area contributed by atoms with E-state index in [-0.39, 0.29) is 5.91 Å². The molecule has 0 aliphatic rings. The fourth-order valence-electron chi connectivity index (χ4n) is 1.51. The first-order chi connectivity index (χ1) is 8.06. The molecule has 1 rings (SSSR count). The zero-order chi connectivity index (χ0) is 12.8. The van der Waals surface area contributed by atoms with Gasteiger partial charge in [0.15, 0.2) is 0 Å². The van der Waals surface area contributed by atoms with Gasteiger partial charge in [0.25, 0.3) is 0 Å². The Hall–Kier alpha value is -2.04. The Labute approximate surface area is 99.9 Å². The van der Waals surface area contributed by atoms with Crippen LogP contribution in [0.3, 0.4) is 0 Å². The fraction of sp³-hybridized carbons (Fsp3) is 0.333. The molecule has 0 heterocycles. The molecular weight excluding hydrogens is 220 g/mol. The summed E-state index contributed by atoms with van der Waals surface area (Å²) < 4.78 is 4.85. The molecule has 0 aromatic heterocycles. The van der Waals surface area contributed by atoms with Crippen molar-refractivity contribution in [3.8, 4) is 5.75 Å². The number of hydrogen-bond acceptors (Lipinski definition) is 3. The molecule has 0 spiro atoms. The monoisotopic (exact) mass is 236 g/mol. The fourth-order valence-corrected chi connectivity index (χ4v) is 1.51. The lowest BCUT2D eigenvalue weighted by Gasteiger charge is -2.14. The zero-order valence-electron chi connectivity index (χ0n) is 9.90. The minimum Gasteiger partial charge on any atom is -0.410 e. The molecule has 92 valence electrons. The third-order valence-corrected chi connectivity index (χ3v) is 2.34. The molecular formula is C12H16N2O3. The molecule has 0 fully saturated rings. The summed E-state index contributed by atoms with van der Waals surface area (Å²) in [5.74, 6) is -0.197. The van der Waals surface area contributed by atoms with E-state index in [2.05, 4.69) is 5.32 Å². The number of carbonyl (C=O) groups is 2. The average molecular weight is 236 g/mol. The molecule has 1 atom stereocenters. The van der Waals surface area contributed by atoms with Crippen LogP contribution in [0.15, 0.2) is 24.3 Å². The SMILES string of the molecule is CCNC(=O)C(C)c1ccccc1OC(N)=O. The predicted octanol–water partition coefficient (Wildman–Crippen LogP) is 1.38. The van der Waals surface area contributed by atoms with Crippen molar-refractivity contribution in [1.82, 2.24) is 5.32 Å². The van der Waals surface area contributed by atoms with Crippen molar-refractivity contribution in [2.75, 3.05) is 6.54 Å². The summed E-state index contributed by atoms with van der Waals surface area (Å²) in [5, 5.41) is 2.71. The molecule has 1 aromatic rings. The van der Waals surface area contributed by atoms with Gasteiger partial charge >= 0.3 is 6.09 Å². The zero-order valence-corrected chi connectivity index (χ0v) is 9.90. The van der Waals surface area contributed by atoms with E-state index in [9.17, 15) is 9.59 Å². The maximum absolute atomic E-state index is 11.7. The molecule has 5 heteroatoms. The van der Waals surface area contributed by atoms with Crippen LogP contribution in [0.5, 0.6) is 5.75 Å². The van der Waals surface area contributed by atoms with E-state index in [1.807, 2.05) is 6.92 Å². The Morgan fingerprint density at radius 2 is 2.06 bits per heavy atom. The second-order valence-electron chi connectivity index (χ2n) is 3.58. The highest BCUT2D eigenvalue weighted by Crippen LogP contribution is 2.26. The third kappa shape index (κ3) is 3.48. The number of ether oxygens (including phenoxy) is 1. The molecule has 0 saturated heterocycles. The minimum atomic E-state index is -0.888. The Balaban J connectivity index is 2.95.